The Morgan fingerprint density at radius 3 is 3.00 bits per heavy atom. The van der Waals surface area contributed by atoms with Crippen LogP contribution in [0.15, 0.2) is 24.4 Å². The van der Waals surface area contributed by atoms with Gasteiger partial charge in [-0.25, -0.2) is 0 Å². The van der Waals surface area contributed by atoms with Crippen LogP contribution in [0.1, 0.15) is 5.69 Å². The van der Waals surface area contributed by atoms with Gasteiger partial charge in [-0.2, -0.15) is 0 Å². The molecule has 2 N–H and O–H groups in total. The summed E-state index contributed by atoms with van der Waals surface area (Å²) in [5, 5.41) is 6.02. The average Bonchev–Trinajstić information content (AvgIpc) is 2.13. The van der Waals surface area contributed by atoms with Gasteiger partial charge in [0.25, 0.3) is 0 Å². The van der Waals surface area contributed by atoms with Crippen LogP contribution in [-0.4, -0.2) is 30.0 Å². The van der Waals surface area contributed by atoms with Crippen molar-refractivity contribution in [2.24, 2.45) is 0 Å². The third-order valence-electron chi connectivity index (χ3n) is 2.21. The van der Waals surface area contributed by atoms with Crippen LogP contribution in [-0.2, 0) is 11.2 Å². The van der Waals surface area contributed by atoms with Crippen molar-refractivity contribution < 1.29 is 4.79 Å². The van der Waals surface area contributed by atoms with Crippen molar-refractivity contribution in [1.29, 1.82) is 0 Å². The van der Waals surface area contributed by atoms with Crippen molar-refractivity contribution >= 4 is 5.91 Å². The average molecular weight is 191 g/mol. The third kappa shape index (κ3) is 2.29. The van der Waals surface area contributed by atoms with Crippen LogP contribution in [0.25, 0.3) is 0 Å². The summed E-state index contributed by atoms with van der Waals surface area (Å²) in [5.74, 6) is 0.0511. The second-order valence-corrected chi connectivity index (χ2v) is 3.42. The highest BCUT2D eigenvalue weighted by molar-refractivity contribution is 5.78. The fraction of sp³-hybridized carbons (Fsp3) is 0.400. The molecular formula is C10H13N3O. The molecule has 1 aromatic heterocycles. The van der Waals surface area contributed by atoms with Gasteiger partial charge in [0.05, 0.1) is 12.5 Å². The van der Waals surface area contributed by atoms with Gasteiger partial charge in [-0.1, -0.05) is 6.07 Å². The Bertz CT molecular complexity index is 308. The Labute approximate surface area is 82.7 Å². The zero-order valence-corrected chi connectivity index (χ0v) is 7.86. The number of pyridine rings is 1. The Kier molecular flexibility index (Phi) is 2.74. The Morgan fingerprint density at radius 2 is 2.43 bits per heavy atom. The van der Waals surface area contributed by atoms with Crippen LogP contribution in [0.3, 0.4) is 0 Å². The lowest BCUT2D eigenvalue weighted by molar-refractivity contribution is -0.121. The summed E-state index contributed by atoms with van der Waals surface area (Å²) in [4.78, 5) is 15.5. The minimum absolute atomic E-state index is 0.0511. The molecule has 74 valence electrons. The number of carbonyl (C=O) groups is 1. The molecule has 0 aromatic carbocycles. The molecule has 1 amide bonds. The standard InChI is InChI=1S/C10H13N3O/c14-10(13-9-6-11-7-9)5-8-3-1-2-4-12-8/h1-4,9,11H,5-7H2,(H,13,14). The molecule has 0 saturated carbocycles. The monoisotopic (exact) mass is 191 g/mol. The van der Waals surface area contributed by atoms with E-state index in [9.17, 15) is 4.79 Å². The molecule has 0 bridgehead atoms. The third-order valence-corrected chi connectivity index (χ3v) is 2.21. The lowest BCUT2D eigenvalue weighted by Crippen LogP contribution is -2.57. The Hall–Kier alpha value is -1.42. The lowest BCUT2D eigenvalue weighted by Gasteiger charge is -2.27. The molecular weight excluding hydrogens is 178 g/mol. The molecule has 1 fully saturated rings. The summed E-state index contributed by atoms with van der Waals surface area (Å²) >= 11 is 0. The molecule has 1 aliphatic heterocycles. The molecule has 0 atom stereocenters. The summed E-state index contributed by atoms with van der Waals surface area (Å²) in [7, 11) is 0. The number of nitrogens with one attached hydrogen (secondary N) is 2. The maximum atomic E-state index is 11.4. The quantitative estimate of drug-likeness (QED) is 0.690. The Balaban J connectivity index is 1.82. The molecule has 14 heavy (non-hydrogen) atoms. The number of amides is 1. The second kappa shape index (κ2) is 4.19. The highest BCUT2D eigenvalue weighted by Crippen LogP contribution is 1.96. The SMILES string of the molecule is O=C(Cc1ccccn1)NC1CNC1. The highest BCUT2D eigenvalue weighted by Gasteiger charge is 2.18. The molecule has 0 spiro atoms. The topological polar surface area (TPSA) is 54.0 Å². The van der Waals surface area contributed by atoms with Crippen molar-refractivity contribution in [3.05, 3.63) is 30.1 Å². The molecule has 1 aromatic rings. The zero-order chi connectivity index (χ0) is 9.80. The summed E-state index contributed by atoms with van der Waals surface area (Å²) in [6.07, 6.45) is 2.07. The van der Waals surface area contributed by atoms with E-state index in [-0.39, 0.29) is 5.91 Å². The van der Waals surface area contributed by atoms with E-state index in [1.165, 1.54) is 0 Å². The van der Waals surface area contributed by atoms with Gasteiger partial charge in [0.15, 0.2) is 0 Å². The van der Waals surface area contributed by atoms with E-state index in [0.717, 1.165) is 18.8 Å². The minimum atomic E-state index is 0.0511. The van der Waals surface area contributed by atoms with Gasteiger partial charge in [-0.05, 0) is 12.1 Å². The molecule has 0 aliphatic carbocycles. The first kappa shape index (κ1) is 9.15. The second-order valence-electron chi connectivity index (χ2n) is 3.42. The van der Waals surface area contributed by atoms with E-state index >= 15 is 0 Å². The van der Waals surface area contributed by atoms with Gasteiger partial charge in [0, 0.05) is 25.0 Å². The largest absolute Gasteiger partial charge is 0.350 e. The number of nitrogens with zero attached hydrogens (tertiary/aromatic N) is 1. The van der Waals surface area contributed by atoms with Crippen LogP contribution in [0.4, 0.5) is 0 Å². The van der Waals surface area contributed by atoms with Crippen molar-refractivity contribution in [2.45, 2.75) is 12.5 Å². The maximum absolute atomic E-state index is 11.4. The van der Waals surface area contributed by atoms with Crippen LogP contribution >= 0.6 is 0 Å². The van der Waals surface area contributed by atoms with Gasteiger partial charge in [-0.3, -0.25) is 9.78 Å². The van der Waals surface area contributed by atoms with Crippen LogP contribution in [0.2, 0.25) is 0 Å². The lowest BCUT2D eigenvalue weighted by atomic mass is 10.1. The summed E-state index contributed by atoms with van der Waals surface area (Å²) < 4.78 is 0. The summed E-state index contributed by atoms with van der Waals surface area (Å²) in [5.41, 5.74) is 0.817. The predicted octanol–water partition coefficient (Wildman–Crippen LogP) is -0.288. The number of rotatable bonds is 3. The molecule has 0 unspecified atom stereocenters. The Morgan fingerprint density at radius 1 is 1.57 bits per heavy atom. The number of hydrogen-bond acceptors (Lipinski definition) is 3. The molecule has 2 rings (SSSR count). The molecule has 0 radical (unpaired) electrons. The molecule has 1 aliphatic rings. The van der Waals surface area contributed by atoms with Crippen molar-refractivity contribution in [3.63, 3.8) is 0 Å². The summed E-state index contributed by atoms with van der Waals surface area (Å²) in [6, 6.07) is 5.90. The number of hydrogen-bond donors (Lipinski definition) is 2. The van der Waals surface area contributed by atoms with E-state index in [2.05, 4.69) is 15.6 Å². The van der Waals surface area contributed by atoms with Crippen LogP contribution in [0.5, 0.6) is 0 Å². The molecule has 1 saturated heterocycles. The van der Waals surface area contributed by atoms with Crippen molar-refractivity contribution in [1.82, 2.24) is 15.6 Å². The zero-order valence-electron chi connectivity index (χ0n) is 7.86. The fourth-order valence-electron chi connectivity index (χ4n) is 1.34. The predicted molar refractivity (Wildman–Crippen MR) is 52.7 cm³/mol. The van der Waals surface area contributed by atoms with Gasteiger partial charge >= 0.3 is 0 Å². The smallest absolute Gasteiger partial charge is 0.226 e. The van der Waals surface area contributed by atoms with Gasteiger partial charge in [-0.15, -0.1) is 0 Å². The van der Waals surface area contributed by atoms with E-state index in [1.807, 2.05) is 18.2 Å². The van der Waals surface area contributed by atoms with Crippen molar-refractivity contribution in [3.8, 4) is 0 Å². The highest BCUT2D eigenvalue weighted by atomic mass is 16.1. The van der Waals surface area contributed by atoms with E-state index in [1.54, 1.807) is 6.20 Å². The molecule has 2 heterocycles. The van der Waals surface area contributed by atoms with E-state index < -0.39 is 0 Å². The van der Waals surface area contributed by atoms with Gasteiger partial charge in [0.2, 0.25) is 5.91 Å². The normalized spacial score (nSPS) is 16.0. The first-order valence-corrected chi connectivity index (χ1v) is 4.74. The fourth-order valence-corrected chi connectivity index (χ4v) is 1.34. The van der Waals surface area contributed by atoms with E-state index in [4.69, 9.17) is 0 Å². The maximum Gasteiger partial charge on any atom is 0.226 e. The first-order valence-electron chi connectivity index (χ1n) is 4.74. The number of carbonyl (C=O) groups excluding carboxylic acids is 1. The van der Waals surface area contributed by atoms with Crippen LogP contribution in [0, 0.1) is 0 Å². The minimum Gasteiger partial charge on any atom is -0.350 e. The van der Waals surface area contributed by atoms with Gasteiger partial charge in [0.1, 0.15) is 0 Å². The summed E-state index contributed by atoms with van der Waals surface area (Å²) in [6.45, 7) is 1.77. The first-order chi connectivity index (χ1) is 6.84. The van der Waals surface area contributed by atoms with Gasteiger partial charge < -0.3 is 10.6 Å². The van der Waals surface area contributed by atoms with Crippen LogP contribution < -0.4 is 10.6 Å². The number of aromatic nitrogens is 1. The van der Waals surface area contributed by atoms with Crippen molar-refractivity contribution in [2.75, 3.05) is 13.1 Å². The molecule has 4 heteroatoms. The van der Waals surface area contributed by atoms with E-state index in [0.29, 0.717) is 12.5 Å². The molecule has 4 nitrogen and oxygen atoms in total.